The number of ether oxygens (including phenoxy) is 2. The van der Waals surface area contributed by atoms with Crippen molar-refractivity contribution in [3.63, 3.8) is 0 Å². The van der Waals surface area contributed by atoms with Gasteiger partial charge in [0.25, 0.3) is 0 Å². The second kappa shape index (κ2) is 4.53. The van der Waals surface area contributed by atoms with E-state index >= 15 is 0 Å². The molecular weight excluding hydrogens is 214 g/mol. The van der Waals surface area contributed by atoms with Gasteiger partial charge in [0.05, 0.1) is 19.9 Å². The Labute approximate surface area is 102 Å². The van der Waals surface area contributed by atoms with Gasteiger partial charge in [0, 0.05) is 18.3 Å². The number of hydrogen-bond acceptors (Lipinski definition) is 2. The molecule has 2 rings (SSSR count). The maximum absolute atomic E-state index is 5.39. The van der Waals surface area contributed by atoms with Crippen molar-refractivity contribution < 1.29 is 9.47 Å². The van der Waals surface area contributed by atoms with Crippen molar-refractivity contribution in [3.8, 4) is 22.8 Å². The monoisotopic (exact) mass is 231 g/mol. The minimum absolute atomic E-state index is 0.833. The van der Waals surface area contributed by atoms with E-state index in [2.05, 4.69) is 23.6 Å². The van der Waals surface area contributed by atoms with Gasteiger partial charge in [-0.3, -0.25) is 0 Å². The Morgan fingerprint density at radius 3 is 2.29 bits per heavy atom. The van der Waals surface area contributed by atoms with E-state index in [0.29, 0.717) is 0 Å². The molecule has 0 N–H and O–H groups in total. The van der Waals surface area contributed by atoms with Gasteiger partial charge in [-0.15, -0.1) is 0 Å². The number of aromatic nitrogens is 1. The van der Waals surface area contributed by atoms with Crippen molar-refractivity contribution in [2.75, 3.05) is 14.2 Å². The molecule has 1 aromatic heterocycles. The van der Waals surface area contributed by atoms with Gasteiger partial charge in [-0.2, -0.15) is 0 Å². The third-order valence-corrected chi connectivity index (χ3v) is 3.06. The molecule has 0 saturated carbocycles. The van der Waals surface area contributed by atoms with Crippen LogP contribution < -0.4 is 9.47 Å². The van der Waals surface area contributed by atoms with Crippen LogP contribution in [-0.4, -0.2) is 18.8 Å². The van der Waals surface area contributed by atoms with Gasteiger partial charge >= 0.3 is 0 Å². The zero-order valence-electron chi connectivity index (χ0n) is 10.7. The zero-order valence-corrected chi connectivity index (χ0v) is 10.7. The Kier molecular flexibility index (Phi) is 3.09. The number of benzene rings is 1. The first kappa shape index (κ1) is 11.6. The molecule has 1 heterocycles. The molecule has 0 spiro atoms. The molecule has 0 bridgehead atoms. The highest BCUT2D eigenvalue weighted by Gasteiger charge is 2.11. The van der Waals surface area contributed by atoms with Crippen LogP contribution in [-0.2, 0) is 7.05 Å². The normalized spacial score (nSPS) is 10.4. The summed E-state index contributed by atoms with van der Waals surface area (Å²) in [7, 11) is 5.40. The average Bonchev–Trinajstić information content (AvgIpc) is 2.69. The molecule has 17 heavy (non-hydrogen) atoms. The smallest absolute Gasteiger partial charge is 0.128 e. The lowest BCUT2D eigenvalue weighted by Crippen LogP contribution is -1.96. The quantitative estimate of drug-likeness (QED) is 0.810. The molecule has 0 unspecified atom stereocenters. The maximum Gasteiger partial charge on any atom is 0.128 e. The van der Waals surface area contributed by atoms with Crippen LogP contribution in [0.4, 0.5) is 0 Å². The molecule has 90 valence electrons. The summed E-state index contributed by atoms with van der Waals surface area (Å²) in [6.45, 7) is 2.08. The predicted molar refractivity (Wildman–Crippen MR) is 68.7 cm³/mol. The Bertz CT molecular complexity index is 529. The molecule has 0 amide bonds. The minimum Gasteiger partial charge on any atom is -0.497 e. The van der Waals surface area contributed by atoms with Gasteiger partial charge < -0.3 is 14.0 Å². The molecule has 0 radical (unpaired) electrons. The molecule has 0 saturated heterocycles. The Morgan fingerprint density at radius 1 is 1.00 bits per heavy atom. The Balaban J connectivity index is 2.60. The number of aryl methyl sites for hydroxylation is 1. The first-order valence-corrected chi connectivity index (χ1v) is 5.52. The van der Waals surface area contributed by atoms with Crippen LogP contribution in [0.3, 0.4) is 0 Å². The van der Waals surface area contributed by atoms with Crippen LogP contribution in [0.15, 0.2) is 30.3 Å². The fourth-order valence-electron chi connectivity index (χ4n) is 1.90. The van der Waals surface area contributed by atoms with Crippen LogP contribution in [0.25, 0.3) is 11.3 Å². The lowest BCUT2D eigenvalue weighted by molar-refractivity contribution is 0.404. The van der Waals surface area contributed by atoms with Crippen LogP contribution in [0, 0.1) is 6.92 Å². The molecule has 1 aromatic carbocycles. The molecule has 0 aliphatic heterocycles. The van der Waals surface area contributed by atoms with Crippen molar-refractivity contribution in [1.82, 2.24) is 4.57 Å². The summed E-state index contributed by atoms with van der Waals surface area (Å²) in [6, 6.07) is 10.0. The van der Waals surface area contributed by atoms with E-state index in [1.165, 1.54) is 5.69 Å². The Morgan fingerprint density at radius 2 is 1.76 bits per heavy atom. The topological polar surface area (TPSA) is 23.4 Å². The standard InChI is InChI=1S/C14H17NO2/c1-10-5-7-13(15(10)2)12-9-11(16-3)6-8-14(12)17-4/h5-9H,1-4H3. The number of rotatable bonds is 3. The third kappa shape index (κ3) is 2.00. The van der Waals surface area contributed by atoms with E-state index in [-0.39, 0.29) is 0 Å². The van der Waals surface area contributed by atoms with Crippen LogP contribution >= 0.6 is 0 Å². The summed E-state index contributed by atoms with van der Waals surface area (Å²) in [5.74, 6) is 1.69. The van der Waals surface area contributed by atoms with E-state index in [1.807, 2.05) is 25.2 Å². The van der Waals surface area contributed by atoms with Crippen molar-refractivity contribution in [2.24, 2.45) is 7.05 Å². The fraction of sp³-hybridized carbons (Fsp3) is 0.286. The SMILES string of the molecule is COc1ccc(OC)c(-c2ccc(C)n2C)c1. The second-order valence-electron chi connectivity index (χ2n) is 3.99. The van der Waals surface area contributed by atoms with Gasteiger partial charge in [-0.1, -0.05) is 0 Å². The van der Waals surface area contributed by atoms with E-state index in [0.717, 1.165) is 22.8 Å². The van der Waals surface area contributed by atoms with Crippen LogP contribution in [0.5, 0.6) is 11.5 Å². The fourth-order valence-corrected chi connectivity index (χ4v) is 1.90. The maximum atomic E-state index is 5.39. The molecule has 2 aromatic rings. The van der Waals surface area contributed by atoms with E-state index in [1.54, 1.807) is 14.2 Å². The van der Waals surface area contributed by atoms with Crippen LogP contribution in [0.1, 0.15) is 5.69 Å². The lowest BCUT2D eigenvalue weighted by Gasteiger charge is -2.12. The van der Waals surface area contributed by atoms with Gasteiger partial charge in [0.2, 0.25) is 0 Å². The van der Waals surface area contributed by atoms with Gasteiger partial charge in [0.1, 0.15) is 11.5 Å². The first-order chi connectivity index (χ1) is 8.17. The molecule has 0 aliphatic rings. The second-order valence-corrected chi connectivity index (χ2v) is 3.99. The summed E-state index contributed by atoms with van der Waals surface area (Å²) < 4.78 is 12.8. The van der Waals surface area contributed by atoms with Crippen LogP contribution in [0.2, 0.25) is 0 Å². The van der Waals surface area contributed by atoms with E-state index in [9.17, 15) is 0 Å². The van der Waals surface area contributed by atoms with Crippen molar-refractivity contribution in [3.05, 3.63) is 36.0 Å². The summed E-state index contributed by atoms with van der Waals surface area (Å²) in [4.78, 5) is 0. The minimum atomic E-state index is 0.833. The number of nitrogens with zero attached hydrogens (tertiary/aromatic N) is 1. The summed E-state index contributed by atoms with van der Waals surface area (Å²) in [5, 5.41) is 0. The van der Waals surface area contributed by atoms with Gasteiger partial charge in [0.15, 0.2) is 0 Å². The average molecular weight is 231 g/mol. The first-order valence-electron chi connectivity index (χ1n) is 5.52. The predicted octanol–water partition coefficient (Wildman–Crippen LogP) is 3.02. The highest BCUT2D eigenvalue weighted by atomic mass is 16.5. The van der Waals surface area contributed by atoms with E-state index < -0.39 is 0 Å². The number of methoxy groups -OCH3 is 2. The molecule has 3 heteroatoms. The summed E-state index contributed by atoms with van der Waals surface area (Å²) in [5.41, 5.74) is 3.38. The molecule has 0 aliphatic carbocycles. The highest BCUT2D eigenvalue weighted by Crippen LogP contribution is 2.33. The third-order valence-electron chi connectivity index (χ3n) is 3.06. The summed E-state index contributed by atoms with van der Waals surface area (Å²) in [6.07, 6.45) is 0. The lowest BCUT2D eigenvalue weighted by atomic mass is 10.1. The Hall–Kier alpha value is -1.90. The summed E-state index contributed by atoms with van der Waals surface area (Å²) >= 11 is 0. The molecule has 3 nitrogen and oxygen atoms in total. The van der Waals surface area contributed by atoms with Gasteiger partial charge in [-0.05, 0) is 37.3 Å². The number of hydrogen-bond donors (Lipinski definition) is 0. The molecule has 0 atom stereocenters. The van der Waals surface area contributed by atoms with Gasteiger partial charge in [-0.25, -0.2) is 0 Å². The van der Waals surface area contributed by atoms with Crippen molar-refractivity contribution in [2.45, 2.75) is 6.92 Å². The molecular formula is C14H17NO2. The zero-order chi connectivity index (χ0) is 12.4. The van der Waals surface area contributed by atoms with Crippen molar-refractivity contribution >= 4 is 0 Å². The van der Waals surface area contributed by atoms with E-state index in [4.69, 9.17) is 9.47 Å². The highest BCUT2D eigenvalue weighted by molar-refractivity contribution is 5.70. The molecule has 0 fully saturated rings. The largest absolute Gasteiger partial charge is 0.497 e. The van der Waals surface area contributed by atoms with Crippen molar-refractivity contribution in [1.29, 1.82) is 0 Å².